The van der Waals surface area contributed by atoms with Crippen LogP contribution >= 0.6 is 0 Å². The number of rotatable bonds is 6. The Morgan fingerprint density at radius 1 is 1.07 bits per heavy atom. The molecule has 7 nitrogen and oxygen atoms in total. The highest BCUT2D eigenvalue weighted by atomic mass is 16.5. The van der Waals surface area contributed by atoms with E-state index in [0.717, 1.165) is 25.1 Å². The van der Waals surface area contributed by atoms with Crippen LogP contribution < -0.4 is 20.3 Å². The molecule has 1 aliphatic rings. The van der Waals surface area contributed by atoms with Gasteiger partial charge in [-0.1, -0.05) is 0 Å². The van der Waals surface area contributed by atoms with Gasteiger partial charge in [0.1, 0.15) is 5.82 Å². The Bertz CT molecular complexity index is 1150. The van der Waals surface area contributed by atoms with Gasteiger partial charge >= 0.3 is 0 Å². The summed E-state index contributed by atoms with van der Waals surface area (Å²) in [5.41, 5.74) is 1.60. The topological polar surface area (TPSA) is 82.5 Å². The number of carbonyl (C=O) groups is 1. The summed E-state index contributed by atoms with van der Waals surface area (Å²) >= 11 is 0. The van der Waals surface area contributed by atoms with Crippen molar-refractivity contribution in [2.24, 2.45) is 0 Å². The maximum atomic E-state index is 12.9. The number of aryl methyl sites for hydroxylation is 1. The number of hydrogen-bond acceptors (Lipinski definition) is 5. The third-order valence-corrected chi connectivity index (χ3v) is 5.13. The molecule has 0 unspecified atom stereocenters. The van der Waals surface area contributed by atoms with E-state index in [4.69, 9.17) is 9.47 Å². The predicted molar refractivity (Wildman–Crippen MR) is 116 cm³/mol. The number of carbonyl (C=O) groups excluding carboxylic acids is 1. The van der Waals surface area contributed by atoms with E-state index in [2.05, 4.69) is 10.3 Å². The van der Waals surface area contributed by atoms with Crippen molar-refractivity contribution in [3.63, 3.8) is 0 Å². The molecule has 1 amide bonds. The Kier molecular flexibility index (Phi) is 5.70. The maximum absolute atomic E-state index is 12.9. The number of anilines is 1. The fourth-order valence-corrected chi connectivity index (χ4v) is 3.71. The van der Waals surface area contributed by atoms with E-state index in [1.165, 1.54) is 0 Å². The summed E-state index contributed by atoms with van der Waals surface area (Å²) < 4.78 is 12.9. The van der Waals surface area contributed by atoms with Crippen molar-refractivity contribution in [1.82, 2.24) is 9.55 Å². The quantitative estimate of drug-likeness (QED) is 0.672. The number of fused-ring (bicyclic) bond motifs is 2. The summed E-state index contributed by atoms with van der Waals surface area (Å²) in [6, 6.07) is 10.3. The minimum Gasteiger partial charge on any atom is -0.490 e. The maximum Gasteiger partial charge on any atom is 0.261 e. The molecule has 30 heavy (non-hydrogen) atoms. The van der Waals surface area contributed by atoms with Crippen molar-refractivity contribution in [2.45, 2.75) is 39.7 Å². The second kappa shape index (κ2) is 8.57. The molecule has 3 aromatic rings. The number of nitrogens with one attached hydrogen (secondary N) is 1. The van der Waals surface area contributed by atoms with Crippen molar-refractivity contribution in [1.29, 1.82) is 0 Å². The second-order valence-electron chi connectivity index (χ2n) is 7.16. The molecule has 0 spiro atoms. The molecule has 0 atom stereocenters. The third-order valence-electron chi connectivity index (χ3n) is 5.13. The zero-order valence-electron chi connectivity index (χ0n) is 17.2. The summed E-state index contributed by atoms with van der Waals surface area (Å²) in [6.45, 7) is 5.45. The van der Waals surface area contributed by atoms with Gasteiger partial charge in [0, 0.05) is 24.2 Å². The van der Waals surface area contributed by atoms with E-state index < -0.39 is 0 Å². The molecule has 4 rings (SSSR count). The molecule has 1 N–H and O–H groups in total. The lowest BCUT2D eigenvalue weighted by atomic mass is 10.1. The largest absolute Gasteiger partial charge is 0.490 e. The molecule has 0 radical (unpaired) electrons. The number of hydrogen-bond donors (Lipinski definition) is 1. The van der Waals surface area contributed by atoms with Gasteiger partial charge in [-0.05, 0) is 63.1 Å². The first-order valence-electron chi connectivity index (χ1n) is 10.3. The minimum absolute atomic E-state index is 0.0505. The molecular weight excluding hydrogens is 382 g/mol. The molecule has 156 valence electrons. The number of ether oxygens (including phenoxy) is 2. The molecule has 0 saturated carbocycles. The van der Waals surface area contributed by atoms with Gasteiger partial charge in [0.2, 0.25) is 0 Å². The number of amides is 1. The third kappa shape index (κ3) is 3.87. The van der Waals surface area contributed by atoms with E-state index in [1.807, 2.05) is 13.8 Å². The fourth-order valence-electron chi connectivity index (χ4n) is 3.71. The van der Waals surface area contributed by atoms with E-state index in [0.29, 0.717) is 53.4 Å². The number of benzene rings is 2. The van der Waals surface area contributed by atoms with Crippen molar-refractivity contribution >= 4 is 22.5 Å². The first-order chi connectivity index (χ1) is 14.6. The van der Waals surface area contributed by atoms with Gasteiger partial charge in [-0.3, -0.25) is 14.2 Å². The average molecular weight is 407 g/mol. The Morgan fingerprint density at radius 3 is 2.67 bits per heavy atom. The zero-order valence-corrected chi connectivity index (χ0v) is 17.2. The van der Waals surface area contributed by atoms with Crippen LogP contribution in [0.5, 0.6) is 11.5 Å². The monoisotopic (exact) mass is 407 g/mol. The normalized spacial score (nSPS) is 13.0. The van der Waals surface area contributed by atoms with Crippen LogP contribution in [0.4, 0.5) is 5.69 Å². The fraction of sp³-hybridized carbons (Fsp3) is 0.348. The molecule has 0 fully saturated rings. The van der Waals surface area contributed by atoms with Crippen molar-refractivity contribution in [2.75, 3.05) is 18.5 Å². The van der Waals surface area contributed by atoms with Gasteiger partial charge in [-0.15, -0.1) is 0 Å². The standard InChI is InChI=1S/C23H25N3O4/c1-3-29-19-11-8-15(13-20(19)30-4-2)22(27)24-16-9-10-18-17(14-16)23(28)26-12-6-5-7-21(26)25-18/h8-11,13-14H,3-7,12H2,1-2H3,(H,24,27). The van der Waals surface area contributed by atoms with Gasteiger partial charge in [-0.2, -0.15) is 0 Å². The lowest BCUT2D eigenvalue weighted by Crippen LogP contribution is -2.28. The Labute approximate surface area is 174 Å². The van der Waals surface area contributed by atoms with Crippen LogP contribution in [-0.2, 0) is 13.0 Å². The molecule has 2 heterocycles. The summed E-state index contributed by atoms with van der Waals surface area (Å²) in [6.07, 6.45) is 2.86. The number of aromatic nitrogens is 2. The molecule has 7 heteroatoms. The number of nitrogens with zero attached hydrogens (tertiary/aromatic N) is 2. The highest BCUT2D eigenvalue weighted by molar-refractivity contribution is 6.05. The van der Waals surface area contributed by atoms with Crippen LogP contribution in [0.25, 0.3) is 10.9 Å². The van der Waals surface area contributed by atoms with Crippen LogP contribution in [0.3, 0.4) is 0 Å². The first kappa shape index (κ1) is 19.9. The molecular formula is C23H25N3O4. The summed E-state index contributed by atoms with van der Waals surface area (Å²) in [5, 5.41) is 3.38. The van der Waals surface area contributed by atoms with Gasteiger partial charge in [0.25, 0.3) is 11.5 Å². The van der Waals surface area contributed by atoms with Crippen molar-refractivity contribution in [3.8, 4) is 11.5 Å². The van der Waals surface area contributed by atoms with E-state index in [1.54, 1.807) is 41.0 Å². The van der Waals surface area contributed by atoms with Gasteiger partial charge < -0.3 is 14.8 Å². The summed E-state index contributed by atoms with van der Waals surface area (Å²) in [4.78, 5) is 30.3. The van der Waals surface area contributed by atoms with E-state index in [9.17, 15) is 9.59 Å². The van der Waals surface area contributed by atoms with Gasteiger partial charge in [0.15, 0.2) is 11.5 Å². The lowest BCUT2D eigenvalue weighted by Gasteiger charge is -2.18. The predicted octanol–water partition coefficient (Wildman–Crippen LogP) is 3.78. The van der Waals surface area contributed by atoms with Gasteiger partial charge in [-0.25, -0.2) is 4.98 Å². The molecule has 0 bridgehead atoms. The van der Waals surface area contributed by atoms with Crippen LogP contribution in [0.1, 0.15) is 42.9 Å². The van der Waals surface area contributed by atoms with Crippen molar-refractivity contribution in [3.05, 3.63) is 58.1 Å². The van der Waals surface area contributed by atoms with Crippen LogP contribution in [0.15, 0.2) is 41.2 Å². The molecule has 0 saturated heterocycles. The molecule has 0 aliphatic carbocycles. The van der Waals surface area contributed by atoms with Crippen LogP contribution in [0.2, 0.25) is 0 Å². The van der Waals surface area contributed by atoms with Crippen LogP contribution in [-0.4, -0.2) is 28.7 Å². The lowest BCUT2D eigenvalue weighted by molar-refractivity contribution is 0.102. The molecule has 2 aromatic carbocycles. The molecule has 1 aliphatic heterocycles. The Balaban J connectivity index is 1.62. The zero-order chi connectivity index (χ0) is 21.1. The first-order valence-corrected chi connectivity index (χ1v) is 10.3. The van der Waals surface area contributed by atoms with E-state index in [-0.39, 0.29) is 11.5 Å². The Morgan fingerprint density at radius 2 is 1.87 bits per heavy atom. The SMILES string of the molecule is CCOc1ccc(C(=O)Nc2ccc3nc4n(c(=O)c3c2)CCCC4)cc1OCC. The van der Waals surface area contributed by atoms with Crippen LogP contribution in [0, 0.1) is 0 Å². The van der Waals surface area contributed by atoms with Gasteiger partial charge in [0.05, 0.1) is 24.1 Å². The Hall–Kier alpha value is -3.35. The second-order valence-corrected chi connectivity index (χ2v) is 7.16. The van der Waals surface area contributed by atoms with E-state index >= 15 is 0 Å². The average Bonchev–Trinajstić information content (AvgIpc) is 2.76. The smallest absolute Gasteiger partial charge is 0.261 e. The highest BCUT2D eigenvalue weighted by Crippen LogP contribution is 2.29. The highest BCUT2D eigenvalue weighted by Gasteiger charge is 2.16. The van der Waals surface area contributed by atoms with Crippen molar-refractivity contribution < 1.29 is 14.3 Å². The minimum atomic E-state index is -0.288. The summed E-state index contributed by atoms with van der Waals surface area (Å²) in [7, 11) is 0. The summed E-state index contributed by atoms with van der Waals surface area (Å²) in [5.74, 6) is 1.68. The molecule has 1 aromatic heterocycles.